The molecule has 1 aromatic rings. The van der Waals surface area contributed by atoms with Gasteiger partial charge in [0.1, 0.15) is 6.54 Å². The third kappa shape index (κ3) is 5.37. The summed E-state index contributed by atoms with van der Waals surface area (Å²) in [5.41, 5.74) is -0.415. The molecule has 1 heterocycles. The van der Waals surface area contributed by atoms with E-state index in [0.717, 1.165) is 29.4 Å². The molecule has 1 fully saturated rings. The van der Waals surface area contributed by atoms with E-state index in [2.05, 4.69) is 39.5 Å². The molecule has 0 bridgehead atoms. The molecular formula is C24H38BrNO. The van der Waals surface area contributed by atoms with E-state index in [1.165, 1.54) is 45.3 Å². The van der Waals surface area contributed by atoms with Crippen molar-refractivity contribution in [1.82, 2.24) is 0 Å². The first kappa shape index (κ1) is 24.2. The highest BCUT2D eigenvalue weighted by Crippen LogP contribution is 2.44. The van der Waals surface area contributed by atoms with Crippen LogP contribution >= 0.6 is 0 Å². The maximum atomic E-state index is 11.8. The fraction of sp³-hybridized carbons (Fsp3) is 0.667. The van der Waals surface area contributed by atoms with Crippen molar-refractivity contribution in [2.45, 2.75) is 71.8 Å². The fourth-order valence-corrected chi connectivity index (χ4v) is 4.47. The van der Waals surface area contributed by atoms with Crippen molar-refractivity contribution in [3.8, 4) is 11.8 Å². The summed E-state index contributed by atoms with van der Waals surface area (Å²) in [6.07, 6.45) is 6.98. The number of halogens is 1. The van der Waals surface area contributed by atoms with Crippen LogP contribution in [0.15, 0.2) is 30.3 Å². The Morgan fingerprint density at radius 1 is 1.00 bits per heavy atom. The minimum atomic E-state index is -1.09. The van der Waals surface area contributed by atoms with E-state index in [1.54, 1.807) is 0 Å². The van der Waals surface area contributed by atoms with Crippen LogP contribution in [0.5, 0.6) is 0 Å². The monoisotopic (exact) mass is 435 g/mol. The first-order chi connectivity index (χ1) is 12.5. The lowest BCUT2D eigenvalue weighted by Gasteiger charge is -2.42. The van der Waals surface area contributed by atoms with E-state index in [-0.39, 0.29) is 22.4 Å². The van der Waals surface area contributed by atoms with Gasteiger partial charge in [-0.1, -0.05) is 63.9 Å². The quantitative estimate of drug-likeness (QED) is 0.513. The predicted molar refractivity (Wildman–Crippen MR) is 111 cm³/mol. The highest BCUT2D eigenvalue weighted by atomic mass is 79.9. The number of benzene rings is 1. The average Bonchev–Trinajstić information content (AvgIpc) is 2.68. The van der Waals surface area contributed by atoms with E-state index in [1.807, 2.05) is 30.3 Å². The van der Waals surface area contributed by atoms with Crippen LogP contribution in [-0.2, 0) is 5.60 Å². The average molecular weight is 436 g/mol. The molecule has 2 nitrogen and oxygen atoms in total. The zero-order valence-electron chi connectivity index (χ0n) is 17.7. The molecule has 0 amide bonds. The highest BCUT2D eigenvalue weighted by Gasteiger charge is 2.45. The minimum absolute atomic E-state index is 0. The van der Waals surface area contributed by atoms with Crippen molar-refractivity contribution < 1.29 is 26.6 Å². The van der Waals surface area contributed by atoms with Crippen LogP contribution in [0.2, 0.25) is 0 Å². The molecular weight excluding hydrogens is 398 g/mol. The Balaban J connectivity index is 0.00000364. The predicted octanol–water partition coefficient (Wildman–Crippen LogP) is 2.12. The molecule has 3 heteroatoms. The van der Waals surface area contributed by atoms with Gasteiger partial charge in [-0.05, 0) is 50.0 Å². The molecule has 0 aromatic heterocycles. The van der Waals surface area contributed by atoms with Gasteiger partial charge in [0, 0.05) is 5.41 Å². The zero-order chi connectivity index (χ0) is 19.1. The highest BCUT2D eigenvalue weighted by molar-refractivity contribution is 5.35. The lowest BCUT2D eigenvalue weighted by atomic mass is 9.66. The number of aliphatic hydroxyl groups is 1. The van der Waals surface area contributed by atoms with Crippen LogP contribution in [0.1, 0.15) is 71.8 Å². The summed E-state index contributed by atoms with van der Waals surface area (Å²) in [5, 5.41) is 11.8. The van der Waals surface area contributed by atoms with Crippen LogP contribution in [0.4, 0.5) is 0 Å². The summed E-state index contributed by atoms with van der Waals surface area (Å²) in [4.78, 5) is 0. The second kappa shape index (κ2) is 10.6. The molecule has 27 heavy (non-hydrogen) atoms. The van der Waals surface area contributed by atoms with Gasteiger partial charge < -0.3 is 26.6 Å². The standard InChI is InChI=1S/C24H38NO.BrH/c1-5-18-25(19-12-9-13-20-25)21-14-17-24(26,23(4,6-2)7-3)22-15-10-8-11-16-22;/h8,10-11,15-16,26H,5-7,9,12-13,18-21H2,1-4H3;1H/q+1;/p-1. The third-order valence-corrected chi connectivity index (χ3v) is 6.77. The second-order valence-corrected chi connectivity index (χ2v) is 8.38. The largest absolute Gasteiger partial charge is 1.00 e. The van der Waals surface area contributed by atoms with Crippen LogP contribution < -0.4 is 17.0 Å². The summed E-state index contributed by atoms with van der Waals surface area (Å²) in [5.74, 6) is 6.84. The summed E-state index contributed by atoms with van der Waals surface area (Å²) in [6.45, 7) is 13.3. The van der Waals surface area contributed by atoms with Crippen LogP contribution in [0.3, 0.4) is 0 Å². The fourth-order valence-electron chi connectivity index (χ4n) is 4.47. The summed E-state index contributed by atoms with van der Waals surface area (Å²) >= 11 is 0. The Morgan fingerprint density at radius 3 is 2.11 bits per heavy atom. The molecule has 2 rings (SSSR count). The number of piperidine rings is 1. The number of quaternary nitrogens is 1. The van der Waals surface area contributed by atoms with E-state index in [0.29, 0.717) is 0 Å². The molecule has 0 aliphatic carbocycles. The summed E-state index contributed by atoms with van der Waals surface area (Å²) < 4.78 is 1.11. The summed E-state index contributed by atoms with van der Waals surface area (Å²) in [6, 6.07) is 10.1. The molecule has 1 aliphatic heterocycles. The normalized spacial score (nSPS) is 18.6. The van der Waals surface area contributed by atoms with Gasteiger partial charge >= 0.3 is 0 Å². The van der Waals surface area contributed by atoms with Crippen LogP contribution in [-0.4, -0.2) is 35.8 Å². The smallest absolute Gasteiger partial charge is 0.156 e. The van der Waals surface area contributed by atoms with E-state index in [9.17, 15) is 5.11 Å². The molecule has 1 aliphatic rings. The van der Waals surface area contributed by atoms with Gasteiger partial charge in [0.15, 0.2) is 5.60 Å². The van der Waals surface area contributed by atoms with Gasteiger partial charge in [-0.3, -0.25) is 0 Å². The second-order valence-electron chi connectivity index (χ2n) is 8.38. The SMILES string of the molecule is CCC[N+]1(CC#CC(O)(c2ccccc2)C(C)(CC)CC)CCCCC1.[Br-]. The van der Waals surface area contributed by atoms with E-state index in [4.69, 9.17) is 0 Å². The Kier molecular flexibility index (Phi) is 9.55. The van der Waals surface area contributed by atoms with Crippen molar-refractivity contribution in [3.63, 3.8) is 0 Å². The molecule has 152 valence electrons. The van der Waals surface area contributed by atoms with Gasteiger partial charge in [0.2, 0.25) is 0 Å². The van der Waals surface area contributed by atoms with Crippen molar-refractivity contribution in [2.75, 3.05) is 26.2 Å². The van der Waals surface area contributed by atoms with Crippen molar-refractivity contribution in [3.05, 3.63) is 35.9 Å². The number of likely N-dealkylation sites (tertiary alicyclic amines) is 1. The third-order valence-electron chi connectivity index (χ3n) is 6.77. The number of rotatable bonds is 7. The lowest BCUT2D eigenvalue weighted by Crippen LogP contribution is -3.00. The Bertz CT molecular complexity index is 603. The van der Waals surface area contributed by atoms with Gasteiger partial charge in [-0.2, -0.15) is 0 Å². The molecule has 1 N–H and O–H groups in total. The Morgan fingerprint density at radius 2 is 1.59 bits per heavy atom. The van der Waals surface area contributed by atoms with Gasteiger partial charge in [-0.25, -0.2) is 0 Å². The molecule has 1 aromatic carbocycles. The van der Waals surface area contributed by atoms with Crippen molar-refractivity contribution in [2.24, 2.45) is 5.41 Å². The summed E-state index contributed by atoms with van der Waals surface area (Å²) in [7, 11) is 0. The first-order valence-corrected chi connectivity index (χ1v) is 10.6. The Labute approximate surface area is 177 Å². The number of hydrogen-bond acceptors (Lipinski definition) is 1. The molecule has 1 unspecified atom stereocenters. The maximum Gasteiger partial charge on any atom is 0.156 e. The molecule has 0 spiro atoms. The number of nitrogens with zero attached hydrogens (tertiary/aromatic N) is 1. The maximum absolute atomic E-state index is 11.8. The minimum Gasteiger partial charge on any atom is -1.00 e. The van der Waals surface area contributed by atoms with Gasteiger partial charge in [0.05, 0.1) is 19.6 Å². The van der Waals surface area contributed by atoms with Gasteiger partial charge in [0.25, 0.3) is 0 Å². The van der Waals surface area contributed by atoms with E-state index < -0.39 is 5.60 Å². The lowest BCUT2D eigenvalue weighted by molar-refractivity contribution is -0.926. The van der Waals surface area contributed by atoms with Crippen LogP contribution in [0.25, 0.3) is 0 Å². The first-order valence-electron chi connectivity index (χ1n) is 10.6. The zero-order valence-corrected chi connectivity index (χ0v) is 19.3. The number of hydrogen-bond donors (Lipinski definition) is 1. The molecule has 1 atom stereocenters. The molecule has 0 radical (unpaired) electrons. The van der Waals surface area contributed by atoms with Crippen molar-refractivity contribution in [1.29, 1.82) is 0 Å². The van der Waals surface area contributed by atoms with E-state index >= 15 is 0 Å². The van der Waals surface area contributed by atoms with Gasteiger partial charge in [-0.15, -0.1) is 0 Å². The van der Waals surface area contributed by atoms with Crippen LogP contribution in [0, 0.1) is 17.3 Å². The molecule has 0 saturated carbocycles. The van der Waals surface area contributed by atoms with Crippen molar-refractivity contribution >= 4 is 0 Å². The topological polar surface area (TPSA) is 20.2 Å². The molecule has 1 saturated heterocycles. The Hall–Kier alpha value is -0.820.